The van der Waals surface area contributed by atoms with E-state index in [9.17, 15) is 8.42 Å². The number of sulfone groups is 1. The Labute approximate surface area is 120 Å². The Morgan fingerprint density at radius 2 is 2.05 bits per heavy atom. The lowest BCUT2D eigenvalue weighted by Gasteiger charge is -2.00. The van der Waals surface area contributed by atoms with Crippen LogP contribution in [0, 0.1) is 0 Å². The van der Waals surface area contributed by atoms with E-state index in [2.05, 4.69) is 10.1 Å². The Balaban J connectivity index is 2.16. The van der Waals surface area contributed by atoms with Gasteiger partial charge in [0.2, 0.25) is 5.89 Å². The minimum absolute atomic E-state index is 0.0718. The van der Waals surface area contributed by atoms with Crippen LogP contribution in [0.15, 0.2) is 22.7 Å². The number of nitrogens with zero attached hydrogens (tertiary/aromatic N) is 2. The van der Waals surface area contributed by atoms with Gasteiger partial charge in [-0.15, -0.1) is 0 Å². The van der Waals surface area contributed by atoms with Crippen LogP contribution in [0.3, 0.4) is 0 Å². The van der Waals surface area contributed by atoms with Crippen molar-refractivity contribution >= 4 is 33.0 Å². The molecule has 0 saturated heterocycles. The van der Waals surface area contributed by atoms with Crippen molar-refractivity contribution in [3.8, 4) is 0 Å². The minimum Gasteiger partial charge on any atom is -0.338 e. The van der Waals surface area contributed by atoms with Gasteiger partial charge in [0.05, 0.1) is 0 Å². The van der Waals surface area contributed by atoms with E-state index in [4.69, 9.17) is 27.7 Å². The first-order valence-electron chi connectivity index (χ1n) is 5.26. The summed E-state index contributed by atoms with van der Waals surface area (Å²) in [7, 11) is -3.19. The Kier molecular flexibility index (Phi) is 4.13. The van der Waals surface area contributed by atoms with Gasteiger partial charge in [0.15, 0.2) is 15.7 Å². The first-order valence-corrected chi connectivity index (χ1v) is 8.08. The van der Waals surface area contributed by atoms with E-state index in [0.29, 0.717) is 22.3 Å². The van der Waals surface area contributed by atoms with E-state index in [1.807, 2.05) is 0 Å². The van der Waals surface area contributed by atoms with Crippen molar-refractivity contribution in [3.05, 3.63) is 45.5 Å². The molecule has 1 aromatic heterocycles. The van der Waals surface area contributed by atoms with Gasteiger partial charge in [-0.2, -0.15) is 4.98 Å². The first-order chi connectivity index (χ1) is 8.83. The standard InChI is InChI=1S/C11H10Cl2N2O3S/c1-19(16,17)6-11-14-10(15-18-11)4-7-2-3-8(12)5-9(7)13/h2-3,5H,4,6H2,1H3. The summed E-state index contributed by atoms with van der Waals surface area (Å²) >= 11 is 11.8. The molecule has 0 fully saturated rings. The number of hydrogen-bond donors (Lipinski definition) is 0. The van der Waals surface area contributed by atoms with E-state index in [0.717, 1.165) is 11.8 Å². The fourth-order valence-corrected chi connectivity index (χ4v) is 2.52. The van der Waals surface area contributed by atoms with Gasteiger partial charge in [0, 0.05) is 22.7 Å². The summed E-state index contributed by atoms with van der Waals surface area (Å²) in [6, 6.07) is 5.09. The Hall–Kier alpha value is -1.11. The van der Waals surface area contributed by atoms with Crippen molar-refractivity contribution in [1.29, 1.82) is 0 Å². The third-order valence-corrected chi connectivity index (χ3v) is 3.62. The summed E-state index contributed by atoms with van der Waals surface area (Å²) in [4.78, 5) is 4.01. The second-order valence-electron chi connectivity index (χ2n) is 4.09. The maximum Gasteiger partial charge on any atom is 0.241 e. The number of halogens is 2. The predicted molar refractivity (Wildman–Crippen MR) is 72.1 cm³/mol. The molecule has 0 atom stereocenters. The summed E-state index contributed by atoms with van der Waals surface area (Å²) < 4.78 is 27.1. The van der Waals surface area contributed by atoms with E-state index in [1.165, 1.54) is 0 Å². The average Bonchev–Trinajstić information content (AvgIpc) is 2.67. The van der Waals surface area contributed by atoms with Gasteiger partial charge in [0.1, 0.15) is 5.75 Å². The highest BCUT2D eigenvalue weighted by Crippen LogP contribution is 2.22. The van der Waals surface area contributed by atoms with Crippen LogP contribution < -0.4 is 0 Å². The van der Waals surface area contributed by atoms with Crippen molar-refractivity contribution < 1.29 is 12.9 Å². The smallest absolute Gasteiger partial charge is 0.241 e. The minimum atomic E-state index is -3.19. The summed E-state index contributed by atoms with van der Waals surface area (Å²) in [5, 5.41) is 4.76. The number of hydrogen-bond acceptors (Lipinski definition) is 5. The molecule has 0 amide bonds. The maximum atomic E-state index is 11.1. The van der Waals surface area contributed by atoms with Crippen molar-refractivity contribution in [1.82, 2.24) is 10.1 Å². The molecular formula is C11H10Cl2N2O3S. The first kappa shape index (κ1) is 14.3. The van der Waals surface area contributed by atoms with Crippen LogP contribution >= 0.6 is 23.2 Å². The highest BCUT2D eigenvalue weighted by Gasteiger charge is 2.13. The molecule has 102 valence electrons. The second kappa shape index (κ2) is 5.48. The highest BCUT2D eigenvalue weighted by molar-refractivity contribution is 7.89. The van der Waals surface area contributed by atoms with Crippen molar-refractivity contribution in [2.45, 2.75) is 12.2 Å². The molecule has 0 radical (unpaired) electrons. The SMILES string of the molecule is CS(=O)(=O)Cc1nc(Cc2ccc(Cl)cc2Cl)no1. The molecule has 5 nitrogen and oxygen atoms in total. The molecule has 0 aliphatic carbocycles. The van der Waals surface area contributed by atoms with Crippen LogP contribution in [0.4, 0.5) is 0 Å². The van der Waals surface area contributed by atoms with Gasteiger partial charge in [-0.3, -0.25) is 0 Å². The summed E-state index contributed by atoms with van der Waals surface area (Å²) in [6.07, 6.45) is 1.45. The second-order valence-corrected chi connectivity index (χ2v) is 7.07. The van der Waals surface area contributed by atoms with E-state index < -0.39 is 9.84 Å². The lowest BCUT2D eigenvalue weighted by molar-refractivity contribution is 0.383. The average molecular weight is 321 g/mol. The van der Waals surface area contributed by atoms with Gasteiger partial charge >= 0.3 is 0 Å². The van der Waals surface area contributed by atoms with Gasteiger partial charge < -0.3 is 4.52 Å². The third-order valence-electron chi connectivity index (χ3n) is 2.26. The summed E-state index contributed by atoms with van der Waals surface area (Å²) in [5.74, 6) is 0.180. The molecule has 19 heavy (non-hydrogen) atoms. The monoisotopic (exact) mass is 320 g/mol. The fourth-order valence-electron chi connectivity index (χ4n) is 1.48. The van der Waals surface area contributed by atoms with Crippen molar-refractivity contribution in [2.75, 3.05) is 6.26 Å². The topological polar surface area (TPSA) is 73.1 Å². The van der Waals surface area contributed by atoms with E-state index in [-0.39, 0.29) is 11.6 Å². The number of aromatic nitrogens is 2. The molecule has 1 heterocycles. The van der Waals surface area contributed by atoms with Gasteiger partial charge in [-0.05, 0) is 17.7 Å². The van der Waals surface area contributed by atoms with Crippen LogP contribution in [0.25, 0.3) is 0 Å². The molecule has 0 spiro atoms. The quantitative estimate of drug-likeness (QED) is 0.865. The van der Waals surface area contributed by atoms with Gasteiger partial charge in [0.25, 0.3) is 0 Å². The van der Waals surface area contributed by atoms with Crippen LogP contribution in [0.5, 0.6) is 0 Å². The molecule has 0 unspecified atom stereocenters. The molecule has 0 saturated carbocycles. The predicted octanol–water partition coefficient (Wildman–Crippen LogP) is 2.51. The fraction of sp³-hybridized carbons (Fsp3) is 0.273. The maximum absolute atomic E-state index is 11.1. The number of benzene rings is 1. The highest BCUT2D eigenvalue weighted by atomic mass is 35.5. The van der Waals surface area contributed by atoms with Crippen molar-refractivity contribution in [3.63, 3.8) is 0 Å². The molecule has 1 aromatic carbocycles. The Bertz CT molecular complexity index is 698. The van der Waals surface area contributed by atoms with Crippen LogP contribution in [-0.4, -0.2) is 24.8 Å². The van der Waals surface area contributed by atoms with E-state index >= 15 is 0 Å². The molecule has 2 rings (SSSR count). The molecule has 2 aromatic rings. The summed E-state index contributed by atoms with van der Waals surface area (Å²) in [6.45, 7) is 0. The van der Waals surface area contributed by atoms with Gasteiger partial charge in [-0.1, -0.05) is 34.4 Å². The van der Waals surface area contributed by atoms with Crippen LogP contribution in [0.1, 0.15) is 17.3 Å². The third kappa shape index (κ3) is 4.19. The largest absolute Gasteiger partial charge is 0.338 e. The molecule has 8 heteroatoms. The van der Waals surface area contributed by atoms with Crippen LogP contribution in [-0.2, 0) is 22.0 Å². The normalized spacial score (nSPS) is 11.7. The molecular weight excluding hydrogens is 311 g/mol. The lowest BCUT2D eigenvalue weighted by atomic mass is 10.1. The van der Waals surface area contributed by atoms with Crippen molar-refractivity contribution in [2.24, 2.45) is 0 Å². The zero-order valence-corrected chi connectivity index (χ0v) is 12.3. The van der Waals surface area contributed by atoms with Crippen LogP contribution in [0.2, 0.25) is 10.0 Å². The Morgan fingerprint density at radius 1 is 1.32 bits per heavy atom. The lowest BCUT2D eigenvalue weighted by Crippen LogP contribution is -2.01. The zero-order chi connectivity index (χ0) is 14.0. The molecule has 0 aliphatic heterocycles. The van der Waals surface area contributed by atoms with Gasteiger partial charge in [-0.25, -0.2) is 8.42 Å². The zero-order valence-electron chi connectivity index (χ0n) is 9.93. The molecule has 0 N–H and O–H groups in total. The Morgan fingerprint density at radius 3 is 2.68 bits per heavy atom. The molecule has 0 aliphatic rings. The summed E-state index contributed by atoms with van der Waals surface area (Å²) in [5.41, 5.74) is 0.790. The molecule has 0 bridgehead atoms. The number of rotatable bonds is 4. The van der Waals surface area contributed by atoms with E-state index in [1.54, 1.807) is 18.2 Å².